The normalized spacial score (nSPS) is 10.4. The lowest BCUT2D eigenvalue weighted by atomic mass is 10.4. The molecule has 0 aliphatic rings. The van der Waals surface area contributed by atoms with Crippen molar-refractivity contribution in [3.05, 3.63) is 64.0 Å². The van der Waals surface area contributed by atoms with Crippen molar-refractivity contribution in [1.29, 1.82) is 0 Å². The summed E-state index contributed by atoms with van der Waals surface area (Å²) in [6.07, 6.45) is 7.42. The molecule has 110 valence electrons. The molecule has 22 heavy (non-hydrogen) atoms. The van der Waals surface area contributed by atoms with Gasteiger partial charge in [-0.3, -0.25) is 14.0 Å². The molecule has 4 heterocycles. The number of aromatic nitrogens is 6. The highest BCUT2D eigenvalue weighted by Crippen LogP contribution is 2.11. The number of nitrogens with zero attached hydrogens (tertiary/aromatic N) is 4. The zero-order valence-electron chi connectivity index (χ0n) is 11.1. The fourth-order valence-electron chi connectivity index (χ4n) is 1.83. The molecule has 0 aliphatic heterocycles. The van der Waals surface area contributed by atoms with Crippen LogP contribution in [0, 0.1) is 0 Å². The third-order valence-corrected chi connectivity index (χ3v) is 2.82. The Morgan fingerprint density at radius 2 is 1.86 bits per heavy atom. The Morgan fingerprint density at radius 1 is 1.05 bits per heavy atom. The van der Waals surface area contributed by atoms with Crippen LogP contribution in [0.15, 0.2) is 52.8 Å². The Kier molecular flexibility index (Phi) is 3.36. The van der Waals surface area contributed by atoms with Crippen molar-refractivity contribution in [2.75, 3.05) is 0 Å². The highest BCUT2D eigenvalue weighted by Gasteiger charge is 2.00. The third kappa shape index (κ3) is 2.42. The summed E-state index contributed by atoms with van der Waals surface area (Å²) in [6.45, 7) is 0. The molecule has 9 nitrogen and oxygen atoms in total. The molecule has 0 unspecified atom stereocenters. The van der Waals surface area contributed by atoms with E-state index in [4.69, 9.17) is 0 Å². The molecule has 0 radical (unpaired) electrons. The average Bonchev–Trinajstić information content (AvgIpc) is 3.03. The average molecular weight is 298 g/mol. The van der Waals surface area contributed by atoms with Gasteiger partial charge in [-0.25, -0.2) is 15.0 Å². The number of hydrogen-bond acceptors (Lipinski definition) is 6. The first-order chi connectivity index (χ1) is 10.7. The number of hydrogen-bond donors (Lipinski definition) is 3. The molecule has 3 N–H and O–H groups in total. The molecule has 0 aromatic carbocycles. The van der Waals surface area contributed by atoms with Crippen LogP contribution in [0.3, 0.4) is 0 Å². The SMILES string of the molecule is O=c1[nH]cnc2nccnc12.O=c1ccc(O)c2[nH]ccn12. The Balaban J connectivity index is 0.000000131. The van der Waals surface area contributed by atoms with E-state index >= 15 is 0 Å². The van der Waals surface area contributed by atoms with E-state index in [0.29, 0.717) is 11.3 Å². The van der Waals surface area contributed by atoms with Crippen LogP contribution in [-0.4, -0.2) is 34.4 Å². The van der Waals surface area contributed by atoms with Crippen molar-refractivity contribution in [1.82, 2.24) is 29.3 Å². The van der Waals surface area contributed by atoms with Crippen molar-refractivity contribution in [3.63, 3.8) is 0 Å². The summed E-state index contributed by atoms with van der Waals surface area (Å²) in [4.78, 5) is 38.6. The van der Waals surface area contributed by atoms with Crippen LogP contribution in [0.25, 0.3) is 16.8 Å². The van der Waals surface area contributed by atoms with Crippen molar-refractivity contribution < 1.29 is 5.11 Å². The fraction of sp³-hybridized carbons (Fsp3) is 0. The van der Waals surface area contributed by atoms with Crippen LogP contribution in [0.2, 0.25) is 0 Å². The highest BCUT2D eigenvalue weighted by molar-refractivity contribution is 5.66. The van der Waals surface area contributed by atoms with Crippen LogP contribution in [-0.2, 0) is 0 Å². The Labute approximate surface area is 122 Å². The number of nitrogens with one attached hydrogen (secondary N) is 2. The predicted molar refractivity (Wildman–Crippen MR) is 77.6 cm³/mol. The molecule has 4 aromatic rings. The van der Waals surface area contributed by atoms with Crippen molar-refractivity contribution >= 4 is 16.8 Å². The van der Waals surface area contributed by atoms with Gasteiger partial charge < -0.3 is 15.1 Å². The molecule has 0 fully saturated rings. The standard InChI is InChI=1S/C7H6N2O2.C6H4N4O/c10-5-1-2-6(11)9-4-3-8-7(5)9;11-6-4-5(9-3-10-6)8-2-1-7-4/h1-4,8,10H;1-3H,(H,8,9,10,11). The van der Waals surface area contributed by atoms with Crippen molar-refractivity contribution in [2.24, 2.45) is 0 Å². The molecular weight excluding hydrogens is 288 g/mol. The van der Waals surface area contributed by atoms with Crippen LogP contribution in [0.1, 0.15) is 0 Å². The molecule has 0 amide bonds. The molecule has 0 spiro atoms. The minimum absolute atomic E-state index is 0.0783. The minimum atomic E-state index is -0.261. The number of rotatable bonds is 0. The molecule has 0 atom stereocenters. The number of aromatic hydroxyl groups is 1. The van der Waals surface area contributed by atoms with Gasteiger partial charge >= 0.3 is 0 Å². The van der Waals surface area contributed by atoms with E-state index in [9.17, 15) is 14.7 Å². The van der Waals surface area contributed by atoms with Gasteiger partial charge in [0.1, 0.15) is 0 Å². The smallest absolute Gasteiger partial charge is 0.278 e. The Bertz CT molecular complexity index is 1040. The van der Waals surface area contributed by atoms with Gasteiger partial charge in [0.2, 0.25) is 0 Å². The van der Waals surface area contributed by atoms with Crippen LogP contribution in [0.4, 0.5) is 0 Å². The second-order valence-electron chi connectivity index (χ2n) is 4.20. The molecule has 0 bridgehead atoms. The molecular formula is C13H10N6O3. The van der Waals surface area contributed by atoms with E-state index in [-0.39, 0.29) is 22.4 Å². The molecule has 0 saturated heterocycles. The highest BCUT2D eigenvalue weighted by atomic mass is 16.3. The monoisotopic (exact) mass is 298 g/mol. The summed E-state index contributed by atoms with van der Waals surface area (Å²) in [5.74, 6) is 0.0783. The van der Waals surface area contributed by atoms with Gasteiger partial charge in [-0.15, -0.1) is 0 Å². The summed E-state index contributed by atoms with van der Waals surface area (Å²) in [6, 6.07) is 2.68. The maximum absolute atomic E-state index is 11.0. The van der Waals surface area contributed by atoms with Gasteiger partial charge in [0, 0.05) is 30.9 Å². The topological polar surface area (TPSA) is 129 Å². The fourth-order valence-corrected chi connectivity index (χ4v) is 1.83. The lowest BCUT2D eigenvalue weighted by Gasteiger charge is -1.93. The van der Waals surface area contributed by atoms with Crippen molar-refractivity contribution in [2.45, 2.75) is 0 Å². The van der Waals surface area contributed by atoms with Gasteiger partial charge in [-0.05, 0) is 6.07 Å². The van der Waals surface area contributed by atoms with Crippen LogP contribution in [0.5, 0.6) is 5.75 Å². The van der Waals surface area contributed by atoms with Gasteiger partial charge in [-0.2, -0.15) is 0 Å². The van der Waals surface area contributed by atoms with Gasteiger partial charge in [0.15, 0.2) is 22.6 Å². The lowest BCUT2D eigenvalue weighted by Crippen LogP contribution is -2.08. The maximum atomic E-state index is 11.0. The number of H-pyrrole nitrogens is 2. The maximum Gasteiger partial charge on any atom is 0.278 e. The second kappa shape index (κ2) is 5.48. The first kappa shape index (κ1) is 13.5. The quantitative estimate of drug-likeness (QED) is 0.420. The van der Waals surface area contributed by atoms with Gasteiger partial charge in [0.25, 0.3) is 11.1 Å². The van der Waals surface area contributed by atoms with E-state index in [0.717, 1.165) is 0 Å². The van der Waals surface area contributed by atoms with Gasteiger partial charge in [0.05, 0.1) is 6.33 Å². The number of imidazole rings is 1. The van der Waals surface area contributed by atoms with Crippen LogP contribution >= 0.6 is 0 Å². The van der Waals surface area contributed by atoms with E-state index < -0.39 is 0 Å². The van der Waals surface area contributed by atoms with Crippen molar-refractivity contribution in [3.8, 4) is 5.75 Å². The number of fused-ring (bicyclic) bond motifs is 2. The third-order valence-electron chi connectivity index (χ3n) is 2.82. The predicted octanol–water partition coefficient (Wildman–Crippen LogP) is 0.0463. The number of pyridine rings is 1. The lowest BCUT2D eigenvalue weighted by molar-refractivity contribution is 0.477. The molecule has 9 heteroatoms. The Morgan fingerprint density at radius 3 is 2.64 bits per heavy atom. The summed E-state index contributed by atoms with van der Waals surface area (Å²) >= 11 is 0. The summed E-state index contributed by atoms with van der Waals surface area (Å²) in [5.41, 5.74) is 0.658. The number of aromatic amines is 2. The summed E-state index contributed by atoms with van der Waals surface area (Å²) in [5, 5.41) is 9.19. The second-order valence-corrected chi connectivity index (χ2v) is 4.20. The Hall–Kier alpha value is -3.49. The van der Waals surface area contributed by atoms with E-state index in [1.165, 1.54) is 35.3 Å². The van der Waals surface area contributed by atoms with E-state index in [2.05, 4.69) is 24.9 Å². The van der Waals surface area contributed by atoms with E-state index in [1.807, 2.05) is 0 Å². The van der Waals surface area contributed by atoms with Gasteiger partial charge in [-0.1, -0.05) is 0 Å². The largest absolute Gasteiger partial charge is 0.504 e. The molecule has 0 saturated carbocycles. The zero-order valence-corrected chi connectivity index (χ0v) is 11.1. The molecule has 4 aromatic heterocycles. The molecule has 0 aliphatic carbocycles. The first-order valence-corrected chi connectivity index (χ1v) is 6.19. The minimum Gasteiger partial charge on any atom is -0.504 e. The van der Waals surface area contributed by atoms with Crippen LogP contribution < -0.4 is 11.1 Å². The first-order valence-electron chi connectivity index (χ1n) is 6.19. The molecule has 4 rings (SSSR count). The summed E-state index contributed by atoms with van der Waals surface area (Å²) < 4.78 is 1.34. The van der Waals surface area contributed by atoms with E-state index in [1.54, 1.807) is 12.4 Å². The summed E-state index contributed by atoms with van der Waals surface area (Å²) in [7, 11) is 0. The zero-order chi connectivity index (χ0) is 15.5.